The van der Waals surface area contributed by atoms with Crippen LogP contribution in [0.25, 0.3) is 54.1 Å². The molecule has 0 saturated heterocycles. The van der Waals surface area contributed by atoms with Crippen LogP contribution in [0.2, 0.25) is 0 Å². The van der Waals surface area contributed by atoms with Gasteiger partial charge in [-0.15, -0.1) is 11.3 Å². The van der Waals surface area contributed by atoms with Crippen LogP contribution >= 0.6 is 23.1 Å². The summed E-state index contributed by atoms with van der Waals surface area (Å²) in [6.45, 7) is 0. The van der Waals surface area contributed by atoms with Gasteiger partial charge in [0.2, 0.25) is 5.95 Å². The second-order valence-electron chi connectivity index (χ2n) is 10.9. The van der Waals surface area contributed by atoms with Gasteiger partial charge >= 0.3 is 0 Å². The van der Waals surface area contributed by atoms with E-state index < -0.39 is 0 Å². The number of hydrogen-bond donors (Lipinski definition) is 0. The lowest BCUT2D eigenvalue weighted by molar-refractivity contribution is 1.00. The molecule has 9 rings (SSSR count). The highest BCUT2D eigenvalue weighted by molar-refractivity contribution is 7.99. The molecular weight excluding hydrogens is 589 g/mol. The van der Waals surface area contributed by atoms with Gasteiger partial charge in [0.15, 0.2) is 11.6 Å². The summed E-state index contributed by atoms with van der Waals surface area (Å²) in [5.41, 5.74) is 6.39. The van der Waals surface area contributed by atoms with Crippen molar-refractivity contribution >= 4 is 60.6 Å². The zero-order chi connectivity index (χ0) is 29.7. The number of benzene rings is 6. The molecule has 0 bridgehead atoms. The lowest BCUT2D eigenvalue weighted by Crippen LogP contribution is -2.18. The van der Waals surface area contributed by atoms with Gasteiger partial charge in [0.25, 0.3) is 0 Å². The van der Waals surface area contributed by atoms with Gasteiger partial charge in [0.1, 0.15) is 0 Å². The van der Waals surface area contributed by atoms with E-state index in [1.54, 1.807) is 11.8 Å². The van der Waals surface area contributed by atoms with Crippen LogP contribution in [-0.2, 0) is 0 Å². The highest BCUT2D eigenvalue weighted by Crippen LogP contribution is 2.52. The minimum Gasteiger partial charge on any atom is -0.277 e. The third-order valence-electron chi connectivity index (χ3n) is 8.12. The summed E-state index contributed by atoms with van der Waals surface area (Å²) in [5.74, 6) is 1.88. The average Bonchev–Trinajstić information content (AvgIpc) is 3.49. The largest absolute Gasteiger partial charge is 0.277 e. The fourth-order valence-electron chi connectivity index (χ4n) is 5.96. The van der Waals surface area contributed by atoms with Crippen molar-refractivity contribution in [1.82, 2.24) is 15.0 Å². The number of aromatic nitrogens is 3. The van der Waals surface area contributed by atoms with Crippen molar-refractivity contribution in [3.63, 3.8) is 0 Å². The molecule has 212 valence electrons. The summed E-state index contributed by atoms with van der Waals surface area (Å²) in [6.07, 6.45) is 0. The topological polar surface area (TPSA) is 41.9 Å². The molecule has 0 fully saturated rings. The average molecular weight is 613 g/mol. The Morgan fingerprint density at radius 3 is 1.80 bits per heavy atom. The molecule has 0 amide bonds. The second kappa shape index (κ2) is 10.7. The number of nitrogens with zero attached hydrogens (tertiary/aromatic N) is 4. The van der Waals surface area contributed by atoms with Crippen LogP contribution in [-0.4, -0.2) is 15.0 Å². The molecule has 0 radical (unpaired) electrons. The van der Waals surface area contributed by atoms with E-state index in [0.717, 1.165) is 32.3 Å². The minimum absolute atomic E-state index is 0.593. The third kappa shape index (κ3) is 4.58. The van der Waals surface area contributed by atoms with Gasteiger partial charge in [0, 0.05) is 41.1 Å². The predicted octanol–water partition coefficient (Wildman–Crippen LogP) is 11.2. The van der Waals surface area contributed by atoms with Crippen LogP contribution < -0.4 is 4.90 Å². The van der Waals surface area contributed by atoms with Crippen LogP contribution in [0.4, 0.5) is 17.3 Å². The van der Waals surface area contributed by atoms with E-state index in [4.69, 9.17) is 15.0 Å². The zero-order valence-corrected chi connectivity index (χ0v) is 25.6. The molecule has 0 N–H and O–H groups in total. The minimum atomic E-state index is 0.593. The molecule has 3 heterocycles. The van der Waals surface area contributed by atoms with Crippen molar-refractivity contribution in [2.75, 3.05) is 4.90 Å². The maximum absolute atomic E-state index is 5.08. The number of rotatable bonds is 4. The summed E-state index contributed by atoms with van der Waals surface area (Å²) in [7, 11) is 0. The van der Waals surface area contributed by atoms with E-state index >= 15 is 0 Å². The zero-order valence-electron chi connectivity index (χ0n) is 24.0. The Morgan fingerprint density at radius 2 is 1.02 bits per heavy atom. The molecule has 0 aliphatic carbocycles. The van der Waals surface area contributed by atoms with Gasteiger partial charge in [-0.3, -0.25) is 4.90 Å². The van der Waals surface area contributed by atoms with E-state index in [1.807, 2.05) is 72.0 Å². The number of para-hydroxylation sites is 1. The number of anilines is 3. The fourth-order valence-corrected chi connectivity index (χ4v) is 8.14. The van der Waals surface area contributed by atoms with E-state index in [1.165, 1.54) is 31.3 Å². The van der Waals surface area contributed by atoms with Gasteiger partial charge in [-0.25, -0.2) is 4.98 Å². The third-order valence-corrected chi connectivity index (χ3v) is 10.4. The normalized spacial score (nSPS) is 12.3. The summed E-state index contributed by atoms with van der Waals surface area (Å²) in [6, 6.07) is 50.9. The lowest BCUT2D eigenvalue weighted by Gasteiger charge is -2.31. The summed E-state index contributed by atoms with van der Waals surface area (Å²) < 4.78 is 2.63. The summed E-state index contributed by atoms with van der Waals surface area (Å²) in [4.78, 5) is 19.6. The molecule has 0 saturated carbocycles. The first kappa shape index (κ1) is 26.1. The van der Waals surface area contributed by atoms with E-state index in [9.17, 15) is 0 Å². The van der Waals surface area contributed by atoms with Crippen molar-refractivity contribution < 1.29 is 0 Å². The summed E-state index contributed by atoms with van der Waals surface area (Å²) >= 11 is 3.64. The number of hydrogen-bond acceptors (Lipinski definition) is 6. The molecule has 1 aliphatic heterocycles. The van der Waals surface area contributed by atoms with Crippen molar-refractivity contribution in [3.05, 3.63) is 146 Å². The van der Waals surface area contributed by atoms with Crippen molar-refractivity contribution in [3.8, 4) is 33.9 Å². The molecule has 1 aliphatic rings. The smallest absolute Gasteiger partial charge is 0.238 e. The first-order valence-electron chi connectivity index (χ1n) is 14.8. The maximum Gasteiger partial charge on any atom is 0.238 e. The van der Waals surface area contributed by atoms with E-state index in [-0.39, 0.29) is 0 Å². The SMILES string of the molecule is c1ccc(-c2nc(-c3ccccc3)nc(N3c4ccccc4Sc4cc(-c5ccc6sc7ccccc7c6c5)ccc43)n2)cc1. The molecule has 0 spiro atoms. The Morgan fingerprint density at radius 1 is 0.422 bits per heavy atom. The van der Waals surface area contributed by atoms with Gasteiger partial charge in [-0.1, -0.05) is 115 Å². The Labute approximate surface area is 268 Å². The highest BCUT2D eigenvalue weighted by atomic mass is 32.2. The molecule has 6 aromatic carbocycles. The van der Waals surface area contributed by atoms with Gasteiger partial charge in [0.05, 0.1) is 11.4 Å². The Bertz CT molecular complexity index is 2310. The molecule has 4 nitrogen and oxygen atoms in total. The van der Waals surface area contributed by atoms with Crippen molar-refractivity contribution in [2.45, 2.75) is 9.79 Å². The molecular formula is C39H24N4S2. The van der Waals surface area contributed by atoms with Crippen LogP contribution in [0.5, 0.6) is 0 Å². The monoisotopic (exact) mass is 612 g/mol. The second-order valence-corrected chi connectivity index (χ2v) is 13.1. The first-order valence-corrected chi connectivity index (χ1v) is 16.4. The quantitative estimate of drug-likeness (QED) is 0.198. The van der Waals surface area contributed by atoms with Gasteiger partial charge in [-0.2, -0.15) is 9.97 Å². The Kier molecular flexibility index (Phi) is 6.21. The van der Waals surface area contributed by atoms with Crippen LogP contribution in [0.1, 0.15) is 0 Å². The summed E-state index contributed by atoms with van der Waals surface area (Å²) in [5, 5.41) is 2.61. The van der Waals surface area contributed by atoms with E-state index in [0.29, 0.717) is 17.6 Å². The van der Waals surface area contributed by atoms with Crippen LogP contribution in [0.15, 0.2) is 155 Å². The van der Waals surface area contributed by atoms with E-state index in [2.05, 4.69) is 89.8 Å². The van der Waals surface area contributed by atoms with Gasteiger partial charge in [-0.05, 0) is 53.6 Å². The molecule has 45 heavy (non-hydrogen) atoms. The highest BCUT2D eigenvalue weighted by Gasteiger charge is 2.28. The van der Waals surface area contributed by atoms with Crippen molar-refractivity contribution in [1.29, 1.82) is 0 Å². The molecule has 8 aromatic rings. The Balaban J connectivity index is 1.21. The molecule has 6 heteroatoms. The van der Waals surface area contributed by atoms with Crippen LogP contribution in [0, 0.1) is 0 Å². The molecule has 0 unspecified atom stereocenters. The fraction of sp³-hybridized carbons (Fsp3) is 0. The van der Waals surface area contributed by atoms with Crippen molar-refractivity contribution in [2.24, 2.45) is 0 Å². The standard InChI is InChI=1S/C39H24N4S2/c1-3-11-25(12-4-1)37-40-38(26-13-5-2-6-14-26)42-39(41-37)43-31-16-8-10-18-35(31)45-36-24-28(19-21-32(36)43)27-20-22-34-30(23-27)29-15-7-9-17-33(29)44-34/h1-24H. The molecule has 0 atom stereocenters. The maximum atomic E-state index is 5.08. The number of thiophene rings is 1. The molecule has 2 aromatic heterocycles. The number of fused-ring (bicyclic) bond motifs is 5. The van der Waals surface area contributed by atoms with Gasteiger partial charge < -0.3 is 0 Å². The lowest BCUT2D eigenvalue weighted by atomic mass is 10.0. The predicted molar refractivity (Wildman–Crippen MR) is 188 cm³/mol. The van der Waals surface area contributed by atoms with Crippen LogP contribution in [0.3, 0.4) is 0 Å². The first-order chi connectivity index (χ1) is 22.3. The Hall–Kier alpha value is -5.30.